The fourth-order valence-corrected chi connectivity index (χ4v) is 4.31. The van der Waals surface area contributed by atoms with Gasteiger partial charge in [-0.1, -0.05) is 26.2 Å². The molecule has 104 valence electrons. The molecule has 3 N–H and O–H groups in total. The van der Waals surface area contributed by atoms with E-state index in [1.54, 1.807) is 6.07 Å². The Hall–Kier alpha value is -0.430. The molecule has 1 heterocycles. The molecule has 0 aliphatic carbocycles. The van der Waals surface area contributed by atoms with Crippen LogP contribution in [0.25, 0.3) is 0 Å². The van der Waals surface area contributed by atoms with Crippen molar-refractivity contribution in [3.05, 3.63) is 15.8 Å². The smallest absolute Gasteiger partial charge is 0.241 e. The minimum atomic E-state index is -3.36. The summed E-state index contributed by atoms with van der Waals surface area (Å²) in [5, 5.41) is 0. The molecule has 18 heavy (non-hydrogen) atoms. The molecule has 1 rings (SSSR count). The zero-order valence-corrected chi connectivity index (χ0v) is 12.7. The second-order valence-electron chi connectivity index (χ2n) is 4.30. The van der Waals surface area contributed by atoms with Gasteiger partial charge in [0.25, 0.3) is 0 Å². The van der Waals surface area contributed by atoms with Crippen LogP contribution in [0, 0.1) is 6.92 Å². The highest BCUT2D eigenvalue weighted by Crippen LogP contribution is 2.25. The van der Waals surface area contributed by atoms with Gasteiger partial charge in [-0.15, -0.1) is 11.3 Å². The van der Waals surface area contributed by atoms with E-state index in [-0.39, 0.29) is 0 Å². The number of sulfonamides is 1. The molecule has 6 heteroatoms. The molecule has 0 saturated heterocycles. The van der Waals surface area contributed by atoms with Gasteiger partial charge in [0.2, 0.25) is 10.0 Å². The molecule has 1 aromatic heterocycles. The van der Waals surface area contributed by atoms with E-state index in [0.29, 0.717) is 18.0 Å². The van der Waals surface area contributed by atoms with Crippen molar-refractivity contribution in [1.29, 1.82) is 0 Å². The van der Waals surface area contributed by atoms with Gasteiger partial charge in [0, 0.05) is 22.8 Å². The molecular weight excluding hydrogens is 268 g/mol. The van der Waals surface area contributed by atoms with Gasteiger partial charge in [0.05, 0.1) is 4.90 Å². The Morgan fingerprint density at radius 3 is 2.61 bits per heavy atom. The molecule has 4 nitrogen and oxygen atoms in total. The molecular formula is C12H22N2O2S2. The van der Waals surface area contributed by atoms with Crippen LogP contribution in [0.2, 0.25) is 0 Å². The first-order valence-electron chi connectivity index (χ1n) is 6.30. The second-order valence-corrected chi connectivity index (χ2v) is 7.37. The molecule has 0 saturated carbocycles. The summed E-state index contributed by atoms with van der Waals surface area (Å²) in [6.07, 6.45) is 4.25. The van der Waals surface area contributed by atoms with E-state index in [1.165, 1.54) is 11.3 Å². The minimum absolute atomic E-state index is 0.378. The predicted octanol–water partition coefficient (Wildman–Crippen LogP) is 2.37. The van der Waals surface area contributed by atoms with Crippen molar-refractivity contribution in [1.82, 2.24) is 4.72 Å². The normalized spacial score (nSPS) is 11.9. The van der Waals surface area contributed by atoms with E-state index in [0.717, 1.165) is 35.4 Å². The lowest BCUT2D eigenvalue weighted by molar-refractivity contribution is 0.573. The molecule has 0 aromatic carbocycles. The molecule has 0 spiro atoms. The summed E-state index contributed by atoms with van der Waals surface area (Å²) in [5.74, 6) is 0. The van der Waals surface area contributed by atoms with Gasteiger partial charge in [-0.05, 0) is 19.4 Å². The lowest BCUT2D eigenvalue weighted by Crippen LogP contribution is -2.24. The third-order valence-electron chi connectivity index (χ3n) is 2.74. The van der Waals surface area contributed by atoms with E-state index in [1.807, 2.05) is 6.92 Å². The summed E-state index contributed by atoms with van der Waals surface area (Å²) in [6.45, 7) is 4.84. The third kappa shape index (κ3) is 4.35. The summed E-state index contributed by atoms with van der Waals surface area (Å²) in [7, 11) is -3.36. The van der Waals surface area contributed by atoms with Crippen LogP contribution in [0.4, 0.5) is 0 Å². The third-order valence-corrected chi connectivity index (χ3v) is 5.53. The second kappa shape index (κ2) is 7.23. The Kier molecular flexibility index (Phi) is 6.28. The zero-order valence-electron chi connectivity index (χ0n) is 11.0. The van der Waals surface area contributed by atoms with Crippen LogP contribution < -0.4 is 10.5 Å². The van der Waals surface area contributed by atoms with Crippen LogP contribution in [0.5, 0.6) is 0 Å². The largest absolute Gasteiger partial charge is 0.326 e. The van der Waals surface area contributed by atoms with E-state index in [9.17, 15) is 8.42 Å². The van der Waals surface area contributed by atoms with Crippen molar-refractivity contribution < 1.29 is 8.42 Å². The SMILES string of the molecule is CCCCCCNS(=O)(=O)c1cc(CN)sc1C. The Balaban J connectivity index is 2.60. The van der Waals surface area contributed by atoms with Gasteiger partial charge in [-0.25, -0.2) is 13.1 Å². The van der Waals surface area contributed by atoms with E-state index < -0.39 is 10.0 Å². The van der Waals surface area contributed by atoms with Gasteiger partial charge in [-0.2, -0.15) is 0 Å². The summed E-state index contributed by atoms with van der Waals surface area (Å²) in [6, 6.07) is 1.67. The van der Waals surface area contributed by atoms with Gasteiger partial charge < -0.3 is 5.73 Å². The van der Waals surface area contributed by atoms with Crippen LogP contribution in [-0.4, -0.2) is 15.0 Å². The van der Waals surface area contributed by atoms with Crippen molar-refractivity contribution in [3.8, 4) is 0 Å². The average molecular weight is 290 g/mol. The molecule has 0 amide bonds. The predicted molar refractivity (Wildman–Crippen MR) is 76.3 cm³/mol. The van der Waals surface area contributed by atoms with Crippen molar-refractivity contribution in [2.24, 2.45) is 5.73 Å². The van der Waals surface area contributed by atoms with Crippen LogP contribution in [-0.2, 0) is 16.6 Å². The zero-order chi connectivity index (χ0) is 13.6. The van der Waals surface area contributed by atoms with Crippen molar-refractivity contribution in [2.45, 2.75) is 51.0 Å². The van der Waals surface area contributed by atoms with Crippen LogP contribution in [0.3, 0.4) is 0 Å². The van der Waals surface area contributed by atoms with E-state index in [4.69, 9.17) is 5.73 Å². The summed E-state index contributed by atoms with van der Waals surface area (Å²) in [4.78, 5) is 2.08. The number of aryl methyl sites for hydroxylation is 1. The molecule has 1 aromatic rings. The Morgan fingerprint density at radius 2 is 2.06 bits per heavy atom. The summed E-state index contributed by atoms with van der Waals surface area (Å²) < 4.78 is 26.8. The number of thiophene rings is 1. The molecule has 0 fully saturated rings. The summed E-state index contributed by atoms with van der Waals surface area (Å²) >= 11 is 1.44. The first kappa shape index (κ1) is 15.6. The molecule has 0 bridgehead atoms. The fourth-order valence-electron chi connectivity index (χ4n) is 1.73. The lowest BCUT2D eigenvalue weighted by Gasteiger charge is -2.05. The first-order valence-corrected chi connectivity index (χ1v) is 8.60. The maximum absolute atomic E-state index is 12.1. The van der Waals surface area contributed by atoms with Crippen LogP contribution >= 0.6 is 11.3 Å². The molecule has 0 radical (unpaired) electrons. The Morgan fingerprint density at radius 1 is 1.33 bits per heavy atom. The molecule has 0 aliphatic heterocycles. The van der Waals surface area contributed by atoms with Gasteiger partial charge >= 0.3 is 0 Å². The highest BCUT2D eigenvalue weighted by Gasteiger charge is 2.18. The number of nitrogens with two attached hydrogens (primary N) is 1. The van der Waals surface area contributed by atoms with Gasteiger partial charge in [0.15, 0.2) is 0 Å². The number of hydrogen-bond acceptors (Lipinski definition) is 4. The first-order chi connectivity index (χ1) is 8.51. The monoisotopic (exact) mass is 290 g/mol. The standard InChI is InChI=1S/C12H22N2O2S2/c1-3-4-5-6-7-14-18(15,16)12-8-11(9-13)17-10(12)2/h8,14H,3-7,9,13H2,1-2H3. The maximum Gasteiger partial charge on any atom is 0.241 e. The minimum Gasteiger partial charge on any atom is -0.326 e. The fraction of sp³-hybridized carbons (Fsp3) is 0.667. The highest BCUT2D eigenvalue weighted by molar-refractivity contribution is 7.89. The van der Waals surface area contributed by atoms with Gasteiger partial charge in [-0.3, -0.25) is 0 Å². The van der Waals surface area contributed by atoms with E-state index in [2.05, 4.69) is 11.6 Å². The topological polar surface area (TPSA) is 72.2 Å². The lowest BCUT2D eigenvalue weighted by atomic mass is 10.2. The number of unbranched alkanes of at least 4 members (excludes halogenated alkanes) is 3. The number of hydrogen-bond donors (Lipinski definition) is 2. The van der Waals surface area contributed by atoms with Crippen molar-refractivity contribution in [3.63, 3.8) is 0 Å². The van der Waals surface area contributed by atoms with Crippen LogP contribution in [0.1, 0.15) is 42.4 Å². The summed E-state index contributed by atoms with van der Waals surface area (Å²) in [5.41, 5.74) is 5.53. The Labute approximate surface area is 114 Å². The highest BCUT2D eigenvalue weighted by atomic mass is 32.2. The quantitative estimate of drug-likeness (QED) is 0.722. The van der Waals surface area contributed by atoms with Crippen LogP contribution in [0.15, 0.2) is 11.0 Å². The Bertz CT molecular complexity index is 466. The molecule has 0 unspecified atom stereocenters. The van der Waals surface area contributed by atoms with E-state index >= 15 is 0 Å². The average Bonchev–Trinajstić information content (AvgIpc) is 2.71. The van der Waals surface area contributed by atoms with Crippen molar-refractivity contribution >= 4 is 21.4 Å². The number of nitrogens with one attached hydrogen (secondary N) is 1. The van der Waals surface area contributed by atoms with Gasteiger partial charge in [0.1, 0.15) is 0 Å². The number of rotatable bonds is 8. The van der Waals surface area contributed by atoms with Crippen molar-refractivity contribution in [2.75, 3.05) is 6.54 Å². The molecule has 0 atom stereocenters. The molecule has 0 aliphatic rings. The maximum atomic E-state index is 12.1.